The van der Waals surface area contributed by atoms with Crippen molar-refractivity contribution in [3.63, 3.8) is 0 Å². The lowest BCUT2D eigenvalue weighted by atomic mass is 10.1. The Morgan fingerprint density at radius 2 is 1.88 bits per heavy atom. The molecule has 1 aromatic heterocycles. The molecule has 26 heavy (non-hydrogen) atoms. The number of nitrogens with one attached hydrogen (secondary N) is 1. The number of benzene rings is 1. The van der Waals surface area contributed by atoms with Crippen molar-refractivity contribution in [3.8, 4) is 5.88 Å². The second-order valence-corrected chi connectivity index (χ2v) is 8.06. The topological polar surface area (TPSA) is 106 Å². The second kappa shape index (κ2) is 7.74. The Hall–Kier alpha value is -2.61. The van der Waals surface area contributed by atoms with Crippen LogP contribution in [0.25, 0.3) is 0 Å². The number of anilines is 1. The van der Waals surface area contributed by atoms with E-state index in [0.29, 0.717) is 0 Å². The Labute approximate surface area is 153 Å². The Bertz CT molecular complexity index is 908. The van der Waals surface area contributed by atoms with Gasteiger partial charge in [0.1, 0.15) is 5.69 Å². The van der Waals surface area contributed by atoms with E-state index in [0.717, 1.165) is 11.6 Å². The van der Waals surface area contributed by atoms with Crippen molar-refractivity contribution in [1.29, 1.82) is 0 Å². The van der Waals surface area contributed by atoms with E-state index in [-0.39, 0.29) is 34.0 Å². The summed E-state index contributed by atoms with van der Waals surface area (Å²) in [5.74, 6) is -0.883. The van der Waals surface area contributed by atoms with Crippen LogP contribution < -0.4 is 9.46 Å². The fraction of sp³-hybridized carbons (Fsp3) is 0.333. The number of aromatic nitrogens is 1. The third-order valence-corrected chi connectivity index (χ3v) is 4.89. The van der Waals surface area contributed by atoms with Crippen LogP contribution in [-0.2, 0) is 10.0 Å². The van der Waals surface area contributed by atoms with Crippen molar-refractivity contribution in [2.24, 2.45) is 0 Å². The summed E-state index contributed by atoms with van der Waals surface area (Å²) in [6.45, 7) is 7.56. The molecule has 0 amide bonds. The number of hydrogen-bond donors (Lipinski definition) is 2. The predicted octanol–water partition coefficient (Wildman–Crippen LogP) is 3.49. The summed E-state index contributed by atoms with van der Waals surface area (Å²) in [5, 5.41) is 9.06. The van der Waals surface area contributed by atoms with E-state index in [4.69, 9.17) is 9.84 Å². The maximum atomic E-state index is 12.7. The Morgan fingerprint density at radius 1 is 1.19 bits per heavy atom. The molecule has 0 aliphatic rings. The molecule has 0 saturated carbocycles. The SMILES string of the molecule is CC(C)Oc1ncc(C(C)C)cc1NS(=O)(=O)c1cccc(C(=O)O)c1. The molecule has 1 heterocycles. The van der Waals surface area contributed by atoms with Gasteiger partial charge in [0.2, 0.25) is 5.88 Å². The average molecular weight is 378 g/mol. The number of rotatable bonds is 7. The number of carbonyl (C=O) groups is 1. The summed E-state index contributed by atoms with van der Waals surface area (Å²) in [5.41, 5.74) is 0.948. The Morgan fingerprint density at radius 3 is 2.46 bits per heavy atom. The van der Waals surface area contributed by atoms with Crippen LogP contribution in [0.5, 0.6) is 5.88 Å². The molecule has 2 N–H and O–H groups in total. The minimum Gasteiger partial charge on any atom is -0.478 e. The van der Waals surface area contributed by atoms with Gasteiger partial charge in [0.25, 0.3) is 10.0 Å². The largest absolute Gasteiger partial charge is 0.478 e. The number of nitrogens with zero attached hydrogens (tertiary/aromatic N) is 1. The maximum Gasteiger partial charge on any atom is 0.335 e. The fourth-order valence-corrected chi connectivity index (χ4v) is 3.27. The highest BCUT2D eigenvalue weighted by atomic mass is 32.2. The van der Waals surface area contributed by atoms with Gasteiger partial charge in [-0.25, -0.2) is 18.2 Å². The smallest absolute Gasteiger partial charge is 0.335 e. The maximum absolute atomic E-state index is 12.7. The van der Waals surface area contributed by atoms with Gasteiger partial charge in [0.05, 0.1) is 16.6 Å². The predicted molar refractivity (Wildman–Crippen MR) is 98.3 cm³/mol. The van der Waals surface area contributed by atoms with Crippen LogP contribution in [0, 0.1) is 0 Å². The molecule has 2 aromatic rings. The summed E-state index contributed by atoms with van der Waals surface area (Å²) in [7, 11) is -4.00. The summed E-state index contributed by atoms with van der Waals surface area (Å²) in [6, 6.07) is 6.82. The summed E-state index contributed by atoms with van der Waals surface area (Å²) in [4.78, 5) is 15.2. The minimum absolute atomic E-state index is 0.111. The van der Waals surface area contributed by atoms with Crippen LogP contribution in [0.2, 0.25) is 0 Å². The molecule has 0 bridgehead atoms. The molecule has 0 aliphatic carbocycles. The molecule has 0 aliphatic heterocycles. The molecule has 0 fully saturated rings. The molecule has 140 valence electrons. The number of carboxylic acids is 1. The van der Waals surface area contributed by atoms with E-state index < -0.39 is 16.0 Å². The standard InChI is InChI=1S/C18H22N2O5S/c1-11(2)14-9-16(17(19-10-14)25-12(3)4)20-26(23,24)15-7-5-6-13(8-15)18(21)22/h5-12,20H,1-4H3,(H,21,22). The van der Waals surface area contributed by atoms with Crippen LogP contribution in [0.4, 0.5) is 5.69 Å². The second-order valence-electron chi connectivity index (χ2n) is 6.38. The van der Waals surface area contributed by atoms with E-state index in [1.165, 1.54) is 18.2 Å². The van der Waals surface area contributed by atoms with Gasteiger partial charge in [-0.1, -0.05) is 19.9 Å². The molecular weight excluding hydrogens is 356 g/mol. The van der Waals surface area contributed by atoms with Crippen molar-refractivity contribution >= 4 is 21.7 Å². The molecule has 0 spiro atoms. The Kier molecular flexibility index (Phi) is 5.86. The first-order valence-electron chi connectivity index (χ1n) is 8.13. The van der Waals surface area contributed by atoms with Gasteiger partial charge >= 0.3 is 5.97 Å². The van der Waals surface area contributed by atoms with Crippen molar-refractivity contribution in [2.75, 3.05) is 4.72 Å². The lowest BCUT2D eigenvalue weighted by Gasteiger charge is -2.17. The fourth-order valence-electron chi connectivity index (χ4n) is 2.17. The molecule has 7 nitrogen and oxygen atoms in total. The van der Waals surface area contributed by atoms with E-state index in [9.17, 15) is 13.2 Å². The first kappa shape index (κ1) is 19.7. The summed E-state index contributed by atoms with van der Waals surface area (Å²) >= 11 is 0. The molecule has 2 rings (SSSR count). The van der Waals surface area contributed by atoms with Crippen LogP contribution >= 0.6 is 0 Å². The summed E-state index contributed by atoms with van der Waals surface area (Å²) in [6.07, 6.45) is 1.46. The highest BCUT2D eigenvalue weighted by molar-refractivity contribution is 7.92. The van der Waals surface area contributed by atoms with Gasteiger partial charge in [-0.3, -0.25) is 4.72 Å². The zero-order valence-corrected chi connectivity index (χ0v) is 15.9. The molecule has 0 radical (unpaired) electrons. The highest BCUT2D eigenvalue weighted by Gasteiger charge is 2.20. The van der Waals surface area contributed by atoms with Crippen LogP contribution in [0.3, 0.4) is 0 Å². The third kappa shape index (κ3) is 4.72. The number of hydrogen-bond acceptors (Lipinski definition) is 5. The van der Waals surface area contributed by atoms with Crippen molar-refractivity contribution < 1.29 is 23.1 Å². The van der Waals surface area contributed by atoms with Gasteiger partial charge in [-0.15, -0.1) is 0 Å². The summed E-state index contributed by atoms with van der Waals surface area (Å²) < 4.78 is 33.5. The zero-order valence-electron chi connectivity index (χ0n) is 15.1. The molecule has 0 saturated heterocycles. The van der Waals surface area contributed by atoms with Crippen LogP contribution in [0.15, 0.2) is 41.4 Å². The molecule has 8 heteroatoms. The molecule has 1 aromatic carbocycles. The Balaban J connectivity index is 2.45. The van der Waals surface area contributed by atoms with Gasteiger partial charge in [-0.2, -0.15) is 0 Å². The van der Waals surface area contributed by atoms with Crippen LogP contribution in [0.1, 0.15) is 49.5 Å². The van der Waals surface area contributed by atoms with Crippen molar-refractivity contribution in [3.05, 3.63) is 47.7 Å². The van der Waals surface area contributed by atoms with Gasteiger partial charge < -0.3 is 9.84 Å². The van der Waals surface area contributed by atoms with Crippen LogP contribution in [-0.4, -0.2) is 30.6 Å². The average Bonchev–Trinajstić information content (AvgIpc) is 2.55. The lowest BCUT2D eigenvalue weighted by molar-refractivity contribution is 0.0696. The number of pyridine rings is 1. The third-order valence-electron chi connectivity index (χ3n) is 3.52. The first-order chi connectivity index (χ1) is 12.1. The molecule has 0 atom stereocenters. The van der Waals surface area contributed by atoms with Gasteiger partial charge in [0, 0.05) is 6.20 Å². The van der Waals surface area contributed by atoms with Crippen molar-refractivity contribution in [2.45, 2.75) is 44.6 Å². The number of aromatic carboxylic acids is 1. The number of ether oxygens (including phenoxy) is 1. The zero-order chi connectivity index (χ0) is 19.5. The first-order valence-corrected chi connectivity index (χ1v) is 9.61. The minimum atomic E-state index is -4.00. The van der Waals surface area contributed by atoms with E-state index in [1.807, 2.05) is 27.7 Å². The quantitative estimate of drug-likeness (QED) is 0.764. The van der Waals surface area contributed by atoms with E-state index >= 15 is 0 Å². The van der Waals surface area contributed by atoms with E-state index in [2.05, 4.69) is 9.71 Å². The van der Waals surface area contributed by atoms with E-state index in [1.54, 1.807) is 12.3 Å². The molecular formula is C18H22N2O5S. The highest BCUT2D eigenvalue weighted by Crippen LogP contribution is 2.29. The van der Waals surface area contributed by atoms with Crippen molar-refractivity contribution in [1.82, 2.24) is 4.98 Å². The van der Waals surface area contributed by atoms with Gasteiger partial charge in [0.15, 0.2) is 0 Å². The monoisotopic (exact) mass is 378 g/mol. The number of carboxylic acid groups (broad SMARTS) is 1. The number of sulfonamides is 1. The van der Waals surface area contributed by atoms with Gasteiger partial charge in [-0.05, 0) is 49.6 Å². The normalized spacial score (nSPS) is 11.6. The lowest BCUT2D eigenvalue weighted by Crippen LogP contribution is -2.17. The molecule has 0 unspecified atom stereocenters.